The van der Waals surface area contributed by atoms with Crippen LogP contribution in [0.15, 0.2) is 18.2 Å². The zero-order chi connectivity index (χ0) is 18.4. The number of morpholine rings is 1. The van der Waals surface area contributed by atoms with Crippen molar-refractivity contribution in [2.24, 2.45) is 0 Å². The van der Waals surface area contributed by atoms with Gasteiger partial charge in [-0.2, -0.15) is 0 Å². The summed E-state index contributed by atoms with van der Waals surface area (Å²) in [5, 5.41) is 5.97. The second-order valence-corrected chi connectivity index (χ2v) is 6.91. The number of rotatable bonds is 8. The maximum Gasteiger partial charge on any atom is 0.314 e. The molecule has 0 radical (unpaired) electrons. The first kappa shape index (κ1) is 18.8. The Bertz CT molecular complexity index is 613. The van der Waals surface area contributed by atoms with Gasteiger partial charge in [-0.25, -0.2) is 4.79 Å². The summed E-state index contributed by atoms with van der Waals surface area (Å²) in [7, 11) is 3.27. The predicted octanol–water partition coefficient (Wildman–Crippen LogP) is 1.37. The Morgan fingerprint density at radius 3 is 2.54 bits per heavy atom. The van der Waals surface area contributed by atoms with E-state index in [0.717, 1.165) is 57.2 Å². The van der Waals surface area contributed by atoms with Crippen molar-refractivity contribution < 1.29 is 19.0 Å². The number of urea groups is 1. The van der Waals surface area contributed by atoms with Crippen LogP contribution in [0.25, 0.3) is 0 Å². The Balaban J connectivity index is 1.45. The van der Waals surface area contributed by atoms with Crippen LogP contribution < -0.4 is 20.1 Å². The zero-order valence-electron chi connectivity index (χ0n) is 15.7. The Hall–Kier alpha value is -1.99. The molecule has 2 fully saturated rings. The van der Waals surface area contributed by atoms with Gasteiger partial charge < -0.3 is 24.8 Å². The molecule has 7 nitrogen and oxygen atoms in total. The molecule has 0 unspecified atom stereocenters. The first-order valence-electron chi connectivity index (χ1n) is 9.21. The fourth-order valence-electron chi connectivity index (χ4n) is 3.35. The van der Waals surface area contributed by atoms with E-state index in [1.807, 2.05) is 12.1 Å². The lowest BCUT2D eigenvalue weighted by Crippen LogP contribution is -2.45. The van der Waals surface area contributed by atoms with E-state index in [9.17, 15) is 4.79 Å². The summed E-state index contributed by atoms with van der Waals surface area (Å²) in [4.78, 5) is 14.4. The molecule has 2 N–H and O–H groups in total. The Morgan fingerprint density at radius 2 is 1.88 bits per heavy atom. The second kappa shape index (κ2) is 8.60. The van der Waals surface area contributed by atoms with E-state index in [0.29, 0.717) is 13.1 Å². The third kappa shape index (κ3) is 4.59. The lowest BCUT2D eigenvalue weighted by atomic mass is 9.95. The molecule has 26 heavy (non-hydrogen) atoms. The molecule has 7 heteroatoms. The highest BCUT2D eigenvalue weighted by molar-refractivity contribution is 5.74. The number of methoxy groups -OCH3 is 2. The Morgan fingerprint density at radius 1 is 1.15 bits per heavy atom. The Labute approximate surface area is 155 Å². The van der Waals surface area contributed by atoms with Crippen LogP contribution in [0.1, 0.15) is 18.4 Å². The van der Waals surface area contributed by atoms with Crippen LogP contribution in [0.3, 0.4) is 0 Å². The van der Waals surface area contributed by atoms with Gasteiger partial charge in [-0.1, -0.05) is 6.07 Å². The van der Waals surface area contributed by atoms with Gasteiger partial charge in [0.05, 0.1) is 27.4 Å². The average Bonchev–Trinajstić information content (AvgIpc) is 3.48. The molecule has 1 aliphatic carbocycles. The van der Waals surface area contributed by atoms with E-state index < -0.39 is 0 Å². The summed E-state index contributed by atoms with van der Waals surface area (Å²) in [6.45, 7) is 5.57. The molecule has 0 bridgehead atoms. The van der Waals surface area contributed by atoms with Crippen LogP contribution >= 0.6 is 0 Å². The van der Waals surface area contributed by atoms with Crippen LogP contribution in [0.2, 0.25) is 0 Å². The molecule has 0 aromatic heterocycles. The summed E-state index contributed by atoms with van der Waals surface area (Å²) < 4.78 is 16.0. The van der Waals surface area contributed by atoms with E-state index >= 15 is 0 Å². The van der Waals surface area contributed by atoms with Crippen LogP contribution in [-0.4, -0.2) is 71.1 Å². The SMILES string of the molecule is COc1ccc(C2(CNC(=O)NCCN3CCOCC3)CC2)cc1OC. The summed E-state index contributed by atoms with van der Waals surface area (Å²) >= 11 is 0. The second-order valence-electron chi connectivity index (χ2n) is 6.91. The van der Waals surface area contributed by atoms with Crippen molar-refractivity contribution >= 4 is 6.03 Å². The smallest absolute Gasteiger partial charge is 0.314 e. The monoisotopic (exact) mass is 363 g/mol. The molecule has 1 aromatic carbocycles. The van der Waals surface area contributed by atoms with Gasteiger partial charge in [-0.05, 0) is 30.5 Å². The van der Waals surface area contributed by atoms with Crippen molar-refractivity contribution in [1.82, 2.24) is 15.5 Å². The molecule has 1 aliphatic heterocycles. The molecule has 144 valence electrons. The van der Waals surface area contributed by atoms with Crippen LogP contribution in [0.4, 0.5) is 4.79 Å². The molecule has 0 atom stereocenters. The van der Waals surface area contributed by atoms with Gasteiger partial charge >= 0.3 is 6.03 Å². The number of nitrogens with zero attached hydrogens (tertiary/aromatic N) is 1. The molecule has 1 saturated heterocycles. The van der Waals surface area contributed by atoms with E-state index in [-0.39, 0.29) is 11.4 Å². The average molecular weight is 363 g/mol. The third-order valence-corrected chi connectivity index (χ3v) is 5.25. The molecule has 1 saturated carbocycles. The minimum absolute atomic E-state index is 0.0150. The summed E-state index contributed by atoms with van der Waals surface area (Å²) in [5.41, 5.74) is 1.20. The fraction of sp³-hybridized carbons (Fsp3) is 0.632. The topological polar surface area (TPSA) is 72.1 Å². The number of hydrogen-bond donors (Lipinski definition) is 2. The number of nitrogens with one attached hydrogen (secondary N) is 2. The van der Waals surface area contributed by atoms with Gasteiger partial charge in [0.1, 0.15) is 0 Å². The maximum absolute atomic E-state index is 12.1. The van der Waals surface area contributed by atoms with Crippen molar-refractivity contribution in [3.8, 4) is 11.5 Å². The lowest BCUT2D eigenvalue weighted by Gasteiger charge is -2.26. The van der Waals surface area contributed by atoms with Crippen molar-refractivity contribution in [3.05, 3.63) is 23.8 Å². The number of amides is 2. The summed E-state index contributed by atoms with van der Waals surface area (Å²) in [5.74, 6) is 1.45. The standard InChI is InChI=1S/C19H29N3O4/c1-24-16-4-3-15(13-17(16)25-2)19(5-6-19)14-21-18(23)20-7-8-22-9-11-26-12-10-22/h3-4,13H,5-12,14H2,1-2H3,(H2,20,21,23). The number of benzene rings is 1. The van der Waals surface area contributed by atoms with Crippen molar-refractivity contribution in [2.75, 3.05) is 60.2 Å². The fourth-order valence-corrected chi connectivity index (χ4v) is 3.35. The normalized spacial score (nSPS) is 18.8. The van der Waals surface area contributed by atoms with Crippen molar-refractivity contribution in [2.45, 2.75) is 18.3 Å². The molecule has 1 aromatic rings. The molecular weight excluding hydrogens is 334 g/mol. The van der Waals surface area contributed by atoms with E-state index in [1.54, 1.807) is 14.2 Å². The van der Waals surface area contributed by atoms with Crippen molar-refractivity contribution in [3.63, 3.8) is 0 Å². The van der Waals surface area contributed by atoms with Gasteiger partial charge in [0.25, 0.3) is 0 Å². The molecular formula is C19H29N3O4. The molecule has 2 amide bonds. The first-order chi connectivity index (χ1) is 12.7. The van der Waals surface area contributed by atoms with Gasteiger partial charge in [-0.3, -0.25) is 4.90 Å². The third-order valence-electron chi connectivity index (χ3n) is 5.25. The van der Waals surface area contributed by atoms with Crippen LogP contribution in [0, 0.1) is 0 Å². The first-order valence-corrected chi connectivity index (χ1v) is 9.21. The molecule has 2 aliphatic rings. The van der Waals surface area contributed by atoms with E-state index in [1.165, 1.54) is 5.56 Å². The van der Waals surface area contributed by atoms with Crippen molar-refractivity contribution in [1.29, 1.82) is 0 Å². The van der Waals surface area contributed by atoms with Gasteiger partial charge in [0.15, 0.2) is 11.5 Å². The lowest BCUT2D eigenvalue weighted by molar-refractivity contribution is 0.0387. The number of carbonyl (C=O) groups is 1. The highest BCUT2D eigenvalue weighted by Gasteiger charge is 2.44. The quantitative estimate of drug-likeness (QED) is 0.730. The minimum Gasteiger partial charge on any atom is -0.493 e. The maximum atomic E-state index is 12.1. The highest BCUT2D eigenvalue weighted by atomic mass is 16.5. The Kier molecular flexibility index (Phi) is 6.21. The van der Waals surface area contributed by atoms with Crippen LogP contribution in [-0.2, 0) is 10.2 Å². The largest absolute Gasteiger partial charge is 0.493 e. The van der Waals surface area contributed by atoms with Gasteiger partial charge in [0, 0.05) is 38.1 Å². The van der Waals surface area contributed by atoms with E-state index in [2.05, 4.69) is 21.6 Å². The predicted molar refractivity (Wildman–Crippen MR) is 99.1 cm³/mol. The molecule has 3 rings (SSSR count). The van der Waals surface area contributed by atoms with E-state index in [4.69, 9.17) is 14.2 Å². The number of hydrogen-bond acceptors (Lipinski definition) is 5. The molecule has 1 heterocycles. The number of carbonyl (C=O) groups excluding carboxylic acids is 1. The summed E-state index contributed by atoms with van der Waals surface area (Å²) in [6, 6.07) is 5.90. The number of ether oxygens (including phenoxy) is 3. The molecule has 0 spiro atoms. The highest BCUT2D eigenvalue weighted by Crippen LogP contribution is 2.49. The summed E-state index contributed by atoms with van der Waals surface area (Å²) in [6.07, 6.45) is 2.13. The van der Waals surface area contributed by atoms with Crippen LogP contribution in [0.5, 0.6) is 11.5 Å². The minimum atomic E-state index is -0.106. The zero-order valence-corrected chi connectivity index (χ0v) is 15.7. The van der Waals surface area contributed by atoms with Gasteiger partial charge in [-0.15, -0.1) is 0 Å². The van der Waals surface area contributed by atoms with Gasteiger partial charge in [0.2, 0.25) is 0 Å².